The van der Waals surface area contributed by atoms with Crippen molar-refractivity contribution in [1.29, 1.82) is 0 Å². The number of H-pyrrole nitrogens is 1. The molecule has 0 bridgehead atoms. The zero-order chi connectivity index (χ0) is 18.3. The molecule has 1 aliphatic heterocycles. The van der Waals surface area contributed by atoms with Crippen LogP contribution in [0.2, 0.25) is 0 Å². The molecule has 2 amide bonds. The van der Waals surface area contributed by atoms with Crippen molar-refractivity contribution in [3.63, 3.8) is 0 Å². The first kappa shape index (κ1) is 17.0. The van der Waals surface area contributed by atoms with Gasteiger partial charge in [-0.2, -0.15) is 0 Å². The minimum absolute atomic E-state index is 0.0755. The van der Waals surface area contributed by atoms with Crippen molar-refractivity contribution in [2.24, 2.45) is 0 Å². The van der Waals surface area contributed by atoms with Crippen LogP contribution < -0.4 is 5.32 Å². The molecule has 138 valence electrons. The number of nitrogens with zero attached hydrogens (tertiary/aromatic N) is 3. The lowest BCUT2D eigenvalue weighted by molar-refractivity contribution is -0.132. The van der Waals surface area contributed by atoms with E-state index in [4.69, 9.17) is 4.74 Å². The molecule has 0 radical (unpaired) electrons. The highest BCUT2D eigenvalue weighted by atomic mass is 16.5. The van der Waals surface area contributed by atoms with Gasteiger partial charge in [0.2, 0.25) is 5.91 Å². The Morgan fingerprint density at radius 2 is 2.19 bits per heavy atom. The van der Waals surface area contributed by atoms with E-state index in [9.17, 15) is 9.59 Å². The van der Waals surface area contributed by atoms with Gasteiger partial charge in [-0.05, 0) is 26.2 Å². The number of carbonyl (C=O) groups is 2. The molecule has 1 saturated heterocycles. The molecule has 2 aliphatic rings. The van der Waals surface area contributed by atoms with E-state index in [1.165, 1.54) is 0 Å². The zero-order valence-electron chi connectivity index (χ0n) is 15.0. The highest BCUT2D eigenvalue weighted by molar-refractivity contribution is 6.05. The van der Waals surface area contributed by atoms with E-state index in [-0.39, 0.29) is 17.9 Å². The SMILES string of the molecule is CO[C@@H]1CCN(C(=O)C(C)NC(=O)c2c[nH]c3ncc(C4CC4)nc23)C1. The lowest BCUT2D eigenvalue weighted by atomic mass is 10.2. The van der Waals surface area contributed by atoms with E-state index < -0.39 is 6.04 Å². The number of hydrogen-bond acceptors (Lipinski definition) is 5. The van der Waals surface area contributed by atoms with Crippen LogP contribution in [-0.2, 0) is 9.53 Å². The van der Waals surface area contributed by atoms with Crippen LogP contribution in [0.3, 0.4) is 0 Å². The van der Waals surface area contributed by atoms with Crippen molar-refractivity contribution in [3.8, 4) is 0 Å². The highest BCUT2D eigenvalue weighted by Crippen LogP contribution is 2.39. The lowest BCUT2D eigenvalue weighted by Gasteiger charge is -2.21. The van der Waals surface area contributed by atoms with E-state index >= 15 is 0 Å². The van der Waals surface area contributed by atoms with E-state index in [1.807, 2.05) is 0 Å². The van der Waals surface area contributed by atoms with Gasteiger partial charge in [0.1, 0.15) is 11.6 Å². The topological polar surface area (TPSA) is 100 Å². The molecule has 1 unspecified atom stereocenters. The number of hydrogen-bond donors (Lipinski definition) is 2. The van der Waals surface area contributed by atoms with Gasteiger partial charge in [0.15, 0.2) is 5.65 Å². The average Bonchev–Trinajstić information content (AvgIpc) is 3.23. The number of ether oxygens (including phenoxy) is 1. The van der Waals surface area contributed by atoms with Crippen molar-refractivity contribution in [3.05, 3.63) is 23.7 Å². The Kier molecular flexibility index (Phi) is 4.36. The molecule has 0 aromatic carbocycles. The molecule has 4 rings (SSSR count). The van der Waals surface area contributed by atoms with Gasteiger partial charge in [-0.3, -0.25) is 9.59 Å². The Hall–Kier alpha value is -2.48. The summed E-state index contributed by atoms with van der Waals surface area (Å²) in [6.45, 7) is 2.93. The molecule has 26 heavy (non-hydrogen) atoms. The fourth-order valence-electron chi connectivity index (χ4n) is 3.38. The van der Waals surface area contributed by atoms with Crippen molar-refractivity contribution in [2.75, 3.05) is 20.2 Å². The Balaban J connectivity index is 1.46. The number of amides is 2. The second kappa shape index (κ2) is 6.68. The maximum Gasteiger partial charge on any atom is 0.255 e. The molecule has 2 fully saturated rings. The largest absolute Gasteiger partial charge is 0.380 e. The zero-order valence-corrected chi connectivity index (χ0v) is 15.0. The van der Waals surface area contributed by atoms with Gasteiger partial charge < -0.3 is 19.9 Å². The van der Waals surface area contributed by atoms with E-state index in [1.54, 1.807) is 31.3 Å². The van der Waals surface area contributed by atoms with Gasteiger partial charge in [-0.25, -0.2) is 9.97 Å². The molecular weight excluding hydrogens is 334 g/mol. The molecule has 1 saturated carbocycles. The Bertz CT molecular complexity index is 844. The first-order valence-corrected chi connectivity index (χ1v) is 9.03. The molecule has 3 heterocycles. The number of likely N-dealkylation sites (tertiary alicyclic amines) is 1. The lowest BCUT2D eigenvalue weighted by Crippen LogP contribution is -2.46. The second-order valence-electron chi connectivity index (χ2n) is 7.09. The predicted octanol–water partition coefficient (Wildman–Crippen LogP) is 1.20. The molecule has 8 heteroatoms. The minimum atomic E-state index is -0.609. The third-order valence-electron chi connectivity index (χ3n) is 5.15. The maximum atomic E-state index is 12.7. The fraction of sp³-hybridized carbons (Fsp3) is 0.556. The summed E-state index contributed by atoms with van der Waals surface area (Å²) in [5, 5.41) is 2.79. The number of fused-ring (bicyclic) bond motifs is 1. The van der Waals surface area contributed by atoms with Crippen LogP contribution in [-0.4, -0.2) is 64.0 Å². The van der Waals surface area contributed by atoms with Crippen molar-refractivity contribution < 1.29 is 14.3 Å². The smallest absolute Gasteiger partial charge is 0.255 e. The number of aromatic amines is 1. The van der Waals surface area contributed by atoms with Crippen molar-refractivity contribution in [1.82, 2.24) is 25.2 Å². The first-order valence-electron chi connectivity index (χ1n) is 9.03. The summed E-state index contributed by atoms with van der Waals surface area (Å²) in [4.78, 5) is 38.9. The van der Waals surface area contributed by atoms with Gasteiger partial charge in [-0.1, -0.05) is 0 Å². The second-order valence-corrected chi connectivity index (χ2v) is 7.09. The van der Waals surface area contributed by atoms with Gasteiger partial charge in [0.25, 0.3) is 5.91 Å². The summed E-state index contributed by atoms with van der Waals surface area (Å²) in [5.74, 6) is 0.0476. The van der Waals surface area contributed by atoms with E-state index in [0.29, 0.717) is 35.7 Å². The molecule has 8 nitrogen and oxygen atoms in total. The first-order chi connectivity index (χ1) is 12.6. The molecule has 1 aliphatic carbocycles. The van der Waals surface area contributed by atoms with Crippen molar-refractivity contribution >= 4 is 23.0 Å². The number of rotatable bonds is 5. The molecule has 2 aromatic heterocycles. The van der Waals surface area contributed by atoms with Crippen LogP contribution in [0.1, 0.15) is 48.2 Å². The number of methoxy groups -OCH3 is 1. The summed E-state index contributed by atoms with van der Waals surface area (Å²) in [6, 6.07) is -0.609. The van der Waals surface area contributed by atoms with Crippen molar-refractivity contribution in [2.45, 2.75) is 44.2 Å². The summed E-state index contributed by atoms with van der Waals surface area (Å²) < 4.78 is 5.29. The predicted molar refractivity (Wildman–Crippen MR) is 94.8 cm³/mol. The summed E-state index contributed by atoms with van der Waals surface area (Å²) in [7, 11) is 1.65. The van der Waals surface area contributed by atoms with Crippen LogP contribution in [0.5, 0.6) is 0 Å². The summed E-state index contributed by atoms with van der Waals surface area (Å²) in [5.41, 5.74) is 2.50. The van der Waals surface area contributed by atoms with Gasteiger partial charge >= 0.3 is 0 Å². The molecule has 2 N–H and O–H groups in total. The third kappa shape index (κ3) is 3.16. The van der Waals surface area contributed by atoms with E-state index in [2.05, 4.69) is 20.3 Å². The van der Waals surface area contributed by atoms with Crippen LogP contribution >= 0.6 is 0 Å². The van der Waals surface area contributed by atoms with Crippen LogP contribution in [0, 0.1) is 0 Å². The average molecular weight is 357 g/mol. The normalized spacial score (nSPS) is 21.2. The van der Waals surface area contributed by atoms with Gasteiger partial charge in [0.05, 0.1) is 23.6 Å². The van der Waals surface area contributed by atoms with E-state index in [0.717, 1.165) is 25.0 Å². The monoisotopic (exact) mass is 357 g/mol. The maximum absolute atomic E-state index is 12.7. The van der Waals surface area contributed by atoms with Crippen LogP contribution in [0.25, 0.3) is 11.2 Å². The number of nitrogens with one attached hydrogen (secondary N) is 2. The minimum Gasteiger partial charge on any atom is -0.380 e. The number of aromatic nitrogens is 3. The highest BCUT2D eigenvalue weighted by Gasteiger charge is 2.30. The Morgan fingerprint density at radius 1 is 1.38 bits per heavy atom. The Labute approximate surface area is 151 Å². The number of carbonyl (C=O) groups excluding carboxylic acids is 2. The molecule has 0 spiro atoms. The third-order valence-corrected chi connectivity index (χ3v) is 5.15. The van der Waals surface area contributed by atoms with Gasteiger partial charge in [-0.15, -0.1) is 0 Å². The molecular formula is C18H23N5O3. The van der Waals surface area contributed by atoms with Crippen LogP contribution in [0.15, 0.2) is 12.4 Å². The molecule has 2 aromatic rings. The molecule has 2 atom stereocenters. The quantitative estimate of drug-likeness (QED) is 0.837. The summed E-state index contributed by atoms with van der Waals surface area (Å²) in [6.07, 6.45) is 6.51. The summed E-state index contributed by atoms with van der Waals surface area (Å²) >= 11 is 0. The standard InChI is InChI=1S/C18H23N5O3/c1-10(18(25)23-6-5-12(9-23)26-2)21-17(24)13-7-19-16-15(13)22-14(8-20-16)11-3-4-11/h7-8,10-12H,3-6,9H2,1-2H3,(H,19,20)(H,21,24)/t10?,12-/m1/s1. The Morgan fingerprint density at radius 3 is 2.88 bits per heavy atom. The van der Waals surface area contributed by atoms with Gasteiger partial charge in [0, 0.05) is 32.3 Å². The fourth-order valence-corrected chi connectivity index (χ4v) is 3.38. The van der Waals surface area contributed by atoms with Crippen LogP contribution in [0.4, 0.5) is 0 Å².